The van der Waals surface area contributed by atoms with Crippen molar-refractivity contribution in [2.45, 2.75) is 0 Å². The molecule has 0 aliphatic carbocycles. The van der Waals surface area contributed by atoms with E-state index in [0.29, 0.717) is 5.56 Å². The molecule has 0 heterocycles. The first-order valence-electron chi connectivity index (χ1n) is 3.31. The lowest BCUT2D eigenvalue weighted by Gasteiger charge is -1.99. The number of benzene rings is 1. The minimum Gasteiger partial charge on any atom is -0.321 e. The van der Waals surface area contributed by atoms with Crippen LogP contribution in [0.3, 0.4) is 0 Å². The van der Waals surface area contributed by atoms with E-state index < -0.39 is 5.97 Å². The van der Waals surface area contributed by atoms with E-state index in [2.05, 4.69) is 16.7 Å². The van der Waals surface area contributed by atoms with Crippen molar-refractivity contribution in [1.29, 1.82) is 0 Å². The Morgan fingerprint density at radius 3 is 2.67 bits per heavy atom. The van der Waals surface area contributed by atoms with Gasteiger partial charge in [0.15, 0.2) is 0 Å². The Balaban J connectivity index is 2.59. The summed E-state index contributed by atoms with van der Waals surface area (Å²) in [5.41, 5.74) is 2.48. The monoisotopic (exact) mass is 164 g/mol. The fourth-order valence-corrected chi connectivity index (χ4v) is 0.707. The molecule has 0 saturated heterocycles. The lowest BCUT2D eigenvalue weighted by Crippen LogP contribution is -2.13. The molecule has 0 radical (unpaired) electrons. The summed E-state index contributed by atoms with van der Waals surface area (Å²) in [5, 5.41) is 3.16. The van der Waals surface area contributed by atoms with Gasteiger partial charge in [0.2, 0.25) is 0 Å². The molecule has 0 saturated carbocycles. The van der Waals surface area contributed by atoms with E-state index in [1.165, 1.54) is 0 Å². The van der Waals surface area contributed by atoms with Crippen molar-refractivity contribution in [3.8, 4) is 0 Å². The van der Waals surface area contributed by atoms with Gasteiger partial charge in [-0.1, -0.05) is 18.2 Å². The summed E-state index contributed by atoms with van der Waals surface area (Å²) >= 11 is 0. The highest BCUT2D eigenvalue weighted by Crippen LogP contribution is 1.99. The van der Waals surface area contributed by atoms with Crippen molar-refractivity contribution in [2.75, 3.05) is 0 Å². The molecule has 12 heavy (non-hydrogen) atoms. The number of carbonyl (C=O) groups excluding carboxylic acids is 1. The fraction of sp³-hybridized carbons (Fsp3) is 0. The molecule has 4 heteroatoms. The van der Waals surface area contributed by atoms with Gasteiger partial charge in [-0.3, -0.25) is 0 Å². The van der Waals surface area contributed by atoms with E-state index in [9.17, 15) is 4.79 Å². The number of nitrogens with zero attached hydrogens (tertiary/aromatic N) is 1. The van der Waals surface area contributed by atoms with Crippen LogP contribution in [0.15, 0.2) is 35.4 Å². The van der Waals surface area contributed by atoms with E-state index in [0.717, 1.165) is 0 Å². The van der Waals surface area contributed by atoms with Gasteiger partial charge < -0.3 is 4.84 Å². The molecule has 0 aromatic heterocycles. The molecule has 0 bridgehead atoms. The summed E-state index contributed by atoms with van der Waals surface area (Å²) in [4.78, 5) is 15.5. The highest BCUT2D eigenvalue weighted by atomic mass is 16.7. The zero-order valence-electron chi connectivity index (χ0n) is 6.36. The van der Waals surface area contributed by atoms with Gasteiger partial charge in [0, 0.05) is 6.72 Å². The Morgan fingerprint density at radius 1 is 1.42 bits per heavy atom. The van der Waals surface area contributed by atoms with Crippen molar-refractivity contribution in [1.82, 2.24) is 5.59 Å². The van der Waals surface area contributed by atoms with Crippen molar-refractivity contribution in [2.24, 2.45) is 5.10 Å². The van der Waals surface area contributed by atoms with Crippen molar-refractivity contribution >= 4 is 12.7 Å². The maximum absolute atomic E-state index is 11.0. The van der Waals surface area contributed by atoms with Crippen LogP contribution in [-0.2, 0) is 4.84 Å². The molecule has 0 spiro atoms. The van der Waals surface area contributed by atoms with E-state index in [4.69, 9.17) is 0 Å². The average molecular weight is 164 g/mol. The van der Waals surface area contributed by atoms with Crippen LogP contribution in [0.5, 0.6) is 0 Å². The van der Waals surface area contributed by atoms with Gasteiger partial charge in [-0.25, -0.2) is 4.79 Å². The zero-order chi connectivity index (χ0) is 8.81. The average Bonchev–Trinajstić information content (AvgIpc) is 2.15. The van der Waals surface area contributed by atoms with Crippen LogP contribution in [0.2, 0.25) is 0 Å². The van der Waals surface area contributed by atoms with Crippen LogP contribution < -0.4 is 5.59 Å². The van der Waals surface area contributed by atoms with Crippen LogP contribution in [0.4, 0.5) is 0 Å². The normalized spacial score (nSPS) is 8.67. The third kappa shape index (κ3) is 2.09. The number of hydrogen-bond donors (Lipinski definition) is 1. The van der Waals surface area contributed by atoms with E-state index in [1.807, 2.05) is 11.7 Å². The maximum atomic E-state index is 11.0. The lowest BCUT2D eigenvalue weighted by atomic mass is 10.2. The van der Waals surface area contributed by atoms with Gasteiger partial charge in [-0.2, -0.15) is 5.10 Å². The number of carbonyl (C=O) groups is 1. The second kappa shape index (κ2) is 4.12. The first-order valence-corrected chi connectivity index (χ1v) is 3.31. The van der Waals surface area contributed by atoms with E-state index in [1.54, 1.807) is 24.3 Å². The van der Waals surface area contributed by atoms with Crippen molar-refractivity contribution in [3.63, 3.8) is 0 Å². The highest BCUT2D eigenvalue weighted by Gasteiger charge is 2.04. The number of nitrogens with one attached hydrogen (secondary N) is 1. The van der Waals surface area contributed by atoms with Gasteiger partial charge in [-0.15, -0.1) is 5.59 Å². The molecule has 4 nitrogen and oxygen atoms in total. The van der Waals surface area contributed by atoms with Crippen LogP contribution in [0.25, 0.3) is 0 Å². The minimum atomic E-state index is -0.483. The molecule has 1 aromatic carbocycles. The number of hydrogen-bond acceptors (Lipinski definition) is 4. The Labute approximate surface area is 69.8 Å². The number of rotatable bonds is 3. The standard InChI is InChI=1S/C8H8N2O2/c1-9-10-12-8(11)7-5-3-2-4-6-7/h2-6,10H,1H2. The van der Waals surface area contributed by atoms with Crippen LogP contribution in [0.1, 0.15) is 10.4 Å². The predicted molar refractivity (Wildman–Crippen MR) is 44.5 cm³/mol. The molecule has 0 fully saturated rings. The first-order chi connectivity index (χ1) is 5.84. The number of hydrazone groups is 1. The Morgan fingerprint density at radius 2 is 2.08 bits per heavy atom. The maximum Gasteiger partial charge on any atom is 0.364 e. The molecular formula is C8H8N2O2. The van der Waals surface area contributed by atoms with Crippen molar-refractivity contribution < 1.29 is 9.63 Å². The van der Waals surface area contributed by atoms with Gasteiger partial charge in [0.25, 0.3) is 0 Å². The molecule has 0 atom stereocenters. The van der Waals surface area contributed by atoms with Crippen LogP contribution >= 0.6 is 0 Å². The smallest absolute Gasteiger partial charge is 0.321 e. The Kier molecular flexibility index (Phi) is 2.84. The molecule has 0 aliphatic rings. The Bertz CT molecular complexity index is 272. The summed E-state index contributed by atoms with van der Waals surface area (Å²) in [5.74, 6) is -0.483. The second-order valence-electron chi connectivity index (χ2n) is 2.00. The van der Waals surface area contributed by atoms with E-state index in [-0.39, 0.29) is 0 Å². The molecular weight excluding hydrogens is 156 g/mol. The molecule has 0 unspecified atom stereocenters. The SMILES string of the molecule is C=NNOC(=O)c1ccccc1. The van der Waals surface area contributed by atoms with Gasteiger partial charge >= 0.3 is 5.97 Å². The van der Waals surface area contributed by atoms with Crippen LogP contribution in [0, 0.1) is 0 Å². The largest absolute Gasteiger partial charge is 0.364 e. The zero-order valence-corrected chi connectivity index (χ0v) is 6.36. The van der Waals surface area contributed by atoms with Gasteiger partial charge in [0.05, 0.1) is 5.56 Å². The van der Waals surface area contributed by atoms with Crippen molar-refractivity contribution in [3.05, 3.63) is 35.9 Å². The molecule has 1 N–H and O–H groups in total. The molecule has 0 aliphatic heterocycles. The second-order valence-corrected chi connectivity index (χ2v) is 2.00. The topological polar surface area (TPSA) is 50.7 Å². The molecule has 1 aromatic rings. The first kappa shape index (κ1) is 8.26. The summed E-state index contributed by atoms with van der Waals surface area (Å²) in [6.45, 7) is 3.09. The lowest BCUT2D eigenvalue weighted by molar-refractivity contribution is 0.0263. The third-order valence-corrected chi connectivity index (χ3v) is 1.21. The molecule has 1 rings (SSSR count). The summed E-state index contributed by atoms with van der Waals surface area (Å²) in [6.07, 6.45) is 0. The minimum absolute atomic E-state index is 0.466. The summed E-state index contributed by atoms with van der Waals surface area (Å²) in [7, 11) is 0. The van der Waals surface area contributed by atoms with Crippen LogP contribution in [-0.4, -0.2) is 12.7 Å². The fourth-order valence-electron chi connectivity index (χ4n) is 0.707. The van der Waals surface area contributed by atoms with E-state index >= 15 is 0 Å². The molecule has 0 amide bonds. The molecule has 62 valence electrons. The quantitative estimate of drug-likeness (QED) is 0.534. The summed E-state index contributed by atoms with van der Waals surface area (Å²) in [6, 6.07) is 8.60. The highest BCUT2D eigenvalue weighted by molar-refractivity contribution is 5.89. The Hall–Kier alpha value is -1.84. The predicted octanol–water partition coefficient (Wildman–Crippen LogP) is 0.964. The third-order valence-electron chi connectivity index (χ3n) is 1.21. The summed E-state index contributed by atoms with van der Waals surface area (Å²) < 4.78 is 0. The van der Waals surface area contributed by atoms with Gasteiger partial charge in [-0.05, 0) is 12.1 Å². The van der Waals surface area contributed by atoms with Gasteiger partial charge in [0.1, 0.15) is 0 Å².